The number of anilines is 1. The molecule has 1 aromatic heterocycles. The van der Waals surface area contributed by atoms with Gasteiger partial charge in [-0.2, -0.15) is 0 Å². The summed E-state index contributed by atoms with van der Waals surface area (Å²) in [6, 6.07) is 10.6. The molecule has 3 amide bonds. The van der Waals surface area contributed by atoms with E-state index in [4.69, 9.17) is 4.74 Å². The molecule has 4 rings (SSSR count). The van der Waals surface area contributed by atoms with E-state index in [0.29, 0.717) is 48.8 Å². The maximum atomic E-state index is 13.3. The summed E-state index contributed by atoms with van der Waals surface area (Å²) < 4.78 is 5.41. The van der Waals surface area contributed by atoms with Crippen LogP contribution in [0.3, 0.4) is 0 Å². The molecule has 1 saturated heterocycles. The van der Waals surface area contributed by atoms with Crippen molar-refractivity contribution in [3.05, 3.63) is 65.6 Å². The zero-order valence-corrected chi connectivity index (χ0v) is 16.6. The summed E-state index contributed by atoms with van der Waals surface area (Å²) in [4.78, 5) is 45.2. The maximum absolute atomic E-state index is 13.3. The number of imide groups is 1. The Kier molecular flexibility index (Phi) is 5.58. The van der Waals surface area contributed by atoms with Crippen molar-refractivity contribution in [2.75, 3.05) is 31.6 Å². The highest BCUT2D eigenvalue weighted by molar-refractivity contribution is 6.35. The minimum absolute atomic E-state index is 0.160. The summed E-state index contributed by atoms with van der Waals surface area (Å²) in [7, 11) is 0. The highest BCUT2D eigenvalue weighted by atomic mass is 16.5. The fourth-order valence-corrected chi connectivity index (χ4v) is 3.65. The van der Waals surface area contributed by atoms with E-state index in [1.54, 1.807) is 42.7 Å². The molecule has 1 fully saturated rings. The number of amides is 3. The third-order valence-electron chi connectivity index (χ3n) is 5.03. The van der Waals surface area contributed by atoms with Gasteiger partial charge in [-0.15, -0.1) is 0 Å². The van der Waals surface area contributed by atoms with E-state index in [-0.39, 0.29) is 24.3 Å². The van der Waals surface area contributed by atoms with Gasteiger partial charge in [0.05, 0.1) is 25.3 Å². The van der Waals surface area contributed by atoms with Crippen molar-refractivity contribution in [1.29, 1.82) is 0 Å². The van der Waals surface area contributed by atoms with E-state index in [1.807, 2.05) is 11.0 Å². The van der Waals surface area contributed by atoms with E-state index in [9.17, 15) is 14.4 Å². The third-order valence-corrected chi connectivity index (χ3v) is 5.03. The van der Waals surface area contributed by atoms with Gasteiger partial charge in [0, 0.05) is 38.1 Å². The predicted octanol–water partition coefficient (Wildman–Crippen LogP) is 1.65. The first-order valence-electron chi connectivity index (χ1n) is 9.74. The van der Waals surface area contributed by atoms with Crippen LogP contribution in [0.2, 0.25) is 0 Å². The molecule has 0 radical (unpaired) electrons. The summed E-state index contributed by atoms with van der Waals surface area (Å²) in [5.41, 5.74) is 2.82. The number of carbonyl (C=O) groups excluding carboxylic acids is 3. The Morgan fingerprint density at radius 3 is 2.47 bits per heavy atom. The fourth-order valence-electron chi connectivity index (χ4n) is 3.65. The minimum Gasteiger partial charge on any atom is -0.378 e. The van der Waals surface area contributed by atoms with Crippen molar-refractivity contribution in [1.82, 2.24) is 14.8 Å². The molecule has 0 bridgehead atoms. The fraction of sp³-hybridized carbons (Fsp3) is 0.273. The average Bonchev–Trinajstić information content (AvgIpc) is 3.00. The van der Waals surface area contributed by atoms with Crippen molar-refractivity contribution in [3.8, 4) is 0 Å². The highest BCUT2D eigenvalue weighted by Crippen LogP contribution is 2.33. The summed E-state index contributed by atoms with van der Waals surface area (Å²) in [5.74, 6) is -0.824. The number of hydrogen-bond donors (Lipinski definition) is 1. The van der Waals surface area contributed by atoms with Crippen molar-refractivity contribution >= 4 is 29.0 Å². The van der Waals surface area contributed by atoms with Crippen molar-refractivity contribution in [2.24, 2.45) is 0 Å². The number of hydrogen-bond acceptors (Lipinski definition) is 6. The minimum atomic E-state index is -0.336. The number of ether oxygens (including phenoxy) is 1. The smallest absolute Gasteiger partial charge is 0.278 e. The van der Waals surface area contributed by atoms with Gasteiger partial charge in [-0.1, -0.05) is 18.2 Å². The molecule has 0 spiro atoms. The van der Waals surface area contributed by atoms with Gasteiger partial charge in [0.1, 0.15) is 5.70 Å². The van der Waals surface area contributed by atoms with E-state index in [0.717, 1.165) is 5.56 Å². The first-order chi connectivity index (χ1) is 14.5. The third kappa shape index (κ3) is 3.95. The molecule has 0 aliphatic carbocycles. The molecule has 154 valence electrons. The monoisotopic (exact) mass is 406 g/mol. The van der Waals surface area contributed by atoms with Crippen molar-refractivity contribution in [3.63, 3.8) is 0 Å². The molecule has 1 aromatic carbocycles. The Hall–Kier alpha value is -3.52. The van der Waals surface area contributed by atoms with Crippen LogP contribution in [0.1, 0.15) is 18.1 Å². The molecule has 2 aliphatic rings. The largest absolute Gasteiger partial charge is 0.378 e. The second kappa shape index (κ2) is 8.46. The first kappa shape index (κ1) is 19.8. The number of nitrogens with one attached hydrogen (secondary N) is 1. The molecular weight excluding hydrogens is 384 g/mol. The van der Waals surface area contributed by atoms with Crippen LogP contribution < -0.4 is 5.32 Å². The lowest BCUT2D eigenvalue weighted by Gasteiger charge is -2.29. The highest BCUT2D eigenvalue weighted by Gasteiger charge is 2.41. The van der Waals surface area contributed by atoms with Gasteiger partial charge in [0.15, 0.2) is 0 Å². The van der Waals surface area contributed by atoms with Gasteiger partial charge in [0.25, 0.3) is 11.8 Å². The Morgan fingerprint density at radius 2 is 1.83 bits per heavy atom. The van der Waals surface area contributed by atoms with Gasteiger partial charge in [-0.05, 0) is 29.3 Å². The van der Waals surface area contributed by atoms with Gasteiger partial charge in [0.2, 0.25) is 5.91 Å². The van der Waals surface area contributed by atoms with Crippen LogP contribution in [0.4, 0.5) is 5.69 Å². The van der Waals surface area contributed by atoms with Crippen LogP contribution in [0.25, 0.3) is 5.57 Å². The molecule has 0 unspecified atom stereocenters. The Labute approximate surface area is 174 Å². The van der Waals surface area contributed by atoms with E-state index in [1.165, 1.54) is 11.8 Å². The van der Waals surface area contributed by atoms with Gasteiger partial charge < -0.3 is 15.0 Å². The lowest BCUT2D eigenvalue weighted by molar-refractivity contribution is -0.138. The molecule has 8 heteroatoms. The lowest BCUT2D eigenvalue weighted by Crippen LogP contribution is -2.40. The van der Waals surface area contributed by atoms with E-state index >= 15 is 0 Å². The number of rotatable bonds is 5. The molecule has 0 saturated carbocycles. The number of benzene rings is 1. The molecule has 1 N–H and O–H groups in total. The van der Waals surface area contributed by atoms with E-state index in [2.05, 4.69) is 10.3 Å². The molecule has 0 atom stereocenters. The van der Waals surface area contributed by atoms with Crippen molar-refractivity contribution in [2.45, 2.75) is 13.5 Å². The Morgan fingerprint density at radius 1 is 1.10 bits per heavy atom. The number of morpholine rings is 1. The first-order valence-corrected chi connectivity index (χ1v) is 9.74. The van der Waals surface area contributed by atoms with Gasteiger partial charge in [-0.3, -0.25) is 24.3 Å². The van der Waals surface area contributed by atoms with Crippen molar-refractivity contribution < 1.29 is 19.1 Å². The summed E-state index contributed by atoms with van der Waals surface area (Å²) in [6.07, 6.45) is 3.30. The molecule has 2 aromatic rings. The van der Waals surface area contributed by atoms with Gasteiger partial charge in [-0.25, -0.2) is 0 Å². The summed E-state index contributed by atoms with van der Waals surface area (Å²) in [5, 5.41) is 2.71. The van der Waals surface area contributed by atoms with Crippen LogP contribution in [-0.2, 0) is 25.7 Å². The van der Waals surface area contributed by atoms with Crippen LogP contribution in [0.5, 0.6) is 0 Å². The zero-order chi connectivity index (χ0) is 21.1. The molecular formula is C22H22N4O4. The zero-order valence-electron chi connectivity index (χ0n) is 16.6. The number of nitrogens with zero attached hydrogens (tertiary/aromatic N) is 3. The quantitative estimate of drug-likeness (QED) is 0.760. The normalized spacial score (nSPS) is 17.0. The Balaban J connectivity index is 1.70. The van der Waals surface area contributed by atoms with Gasteiger partial charge >= 0.3 is 0 Å². The van der Waals surface area contributed by atoms with E-state index < -0.39 is 0 Å². The topological polar surface area (TPSA) is 91.8 Å². The van der Waals surface area contributed by atoms with Crippen LogP contribution >= 0.6 is 0 Å². The summed E-state index contributed by atoms with van der Waals surface area (Å²) in [6.45, 7) is 3.69. The molecule has 3 heterocycles. The van der Waals surface area contributed by atoms with Crippen LogP contribution in [0.15, 0.2) is 54.5 Å². The standard InChI is InChI=1S/C22H22N4O4/c1-15(27)24-18-6-4-17(5-7-18)19-20(25-9-11-30-12-10-25)22(29)26(21(19)28)14-16-3-2-8-23-13-16/h2-8,13H,9-12,14H2,1H3,(H,24,27). The second-order valence-electron chi connectivity index (χ2n) is 7.14. The average molecular weight is 406 g/mol. The maximum Gasteiger partial charge on any atom is 0.278 e. The Bertz CT molecular complexity index is 996. The summed E-state index contributed by atoms with van der Waals surface area (Å²) >= 11 is 0. The molecule has 8 nitrogen and oxygen atoms in total. The lowest BCUT2D eigenvalue weighted by atomic mass is 10.0. The number of pyridine rings is 1. The molecule has 2 aliphatic heterocycles. The SMILES string of the molecule is CC(=O)Nc1ccc(C2=C(N3CCOCC3)C(=O)N(Cc3cccnc3)C2=O)cc1. The number of carbonyl (C=O) groups is 3. The molecule has 30 heavy (non-hydrogen) atoms. The second-order valence-corrected chi connectivity index (χ2v) is 7.14. The van der Waals surface area contributed by atoms with Crippen LogP contribution in [0, 0.1) is 0 Å². The van der Waals surface area contributed by atoms with Crippen LogP contribution in [-0.4, -0.2) is 58.8 Å². The predicted molar refractivity (Wildman–Crippen MR) is 110 cm³/mol. The number of aromatic nitrogens is 1.